The lowest BCUT2D eigenvalue weighted by Crippen LogP contribution is -1.93. The van der Waals surface area contributed by atoms with Gasteiger partial charge in [-0.15, -0.1) is 0 Å². The summed E-state index contributed by atoms with van der Waals surface area (Å²) < 4.78 is 18.0. The summed E-state index contributed by atoms with van der Waals surface area (Å²) in [7, 11) is 0. The Morgan fingerprint density at radius 3 is 2.46 bits per heavy atom. The predicted octanol–water partition coefficient (Wildman–Crippen LogP) is 3.40. The van der Waals surface area contributed by atoms with Crippen LogP contribution in [-0.4, -0.2) is 9.78 Å². The molecule has 2 nitrogen and oxygen atoms in total. The molecular formula is C9H6Br2N2. The largest absolute Gasteiger partial charge is 0.240 e. The summed E-state index contributed by atoms with van der Waals surface area (Å²) in [5.74, 6) is 0. The number of rotatable bonds is 1. The summed E-state index contributed by atoms with van der Waals surface area (Å²) in [5, 5.41) is 4.05. The molecular weight excluding hydrogens is 296 g/mol. The first kappa shape index (κ1) is 6.79. The van der Waals surface area contributed by atoms with Crippen LogP contribution in [0.25, 0.3) is 5.69 Å². The van der Waals surface area contributed by atoms with E-state index in [9.17, 15) is 0 Å². The van der Waals surface area contributed by atoms with E-state index >= 15 is 0 Å². The molecule has 0 aliphatic carbocycles. The molecule has 0 N–H and O–H groups in total. The monoisotopic (exact) mass is 302 g/mol. The van der Waals surface area contributed by atoms with Crippen LogP contribution in [0.1, 0.15) is 2.74 Å². The molecule has 2 aromatic rings. The molecule has 13 heavy (non-hydrogen) atoms. The average molecular weight is 304 g/mol. The third kappa shape index (κ3) is 2.00. The molecule has 66 valence electrons. The Kier molecular flexibility index (Phi) is 1.90. The van der Waals surface area contributed by atoms with Crippen molar-refractivity contribution >= 4 is 31.9 Å². The smallest absolute Gasteiger partial charge is 0.128 e. The number of halogens is 2. The quantitative estimate of drug-likeness (QED) is 0.789. The highest BCUT2D eigenvalue weighted by molar-refractivity contribution is 9.10. The van der Waals surface area contributed by atoms with E-state index < -0.39 is 0 Å². The predicted molar refractivity (Wildman–Crippen MR) is 59.0 cm³/mol. The molecule has 1 heterocycles. The number of hydrogen-bond acceptors (Lipinski definition) is 1. The zero-order valence-electron chi connectivity index (χ0n) is 8.46. The standard InChI is InChI=1S/C9H6Br2N2/c10-7-1-3-8(4-2-7)13-6-5-9(11)12-13/h1-6H/i5D,6D. The van der Waals surface area contributed by atoms with Gasteiger partial charge < -0.3 is 0 Å². The van der Waals surface area contributed by atoms with Gasteiger partial charge in [0.2, 0.25) is 0 Å². The summed E-state index contributed by atoms with van der Waals surface area (Å²) in [6.07, 6.45) is 0.0733. The number of nitrogens with zero attached hydrogens (tertiary/aromatic N) is 2. The molecule has 0 amide bonds. The van der Waals surface area contributed by atoms with Crippen LogP contribution in [0.3, 0.4) is 0 Å². The van der Waals surface area contributed by atoms with Crippen molar-refractivity contribution in [1.82, 2.24) is 9.78 Å². The molecule has 0 spiro atoms. The third-order valence-corrected chi connectivity index (χ3v) is 2.41. The van der Waals surface area contributed by atoms with Gasteiger partial charge in [0.1, 0.15) is 4.60 Å². The molecule has 4 heteroatoms. The Morgan fingerprint density at radius 1 is 1.23 bits per heavy atom. The van der Waals surface area contributed by atoms with Crippen molar-refractivity contribution in [2.24, 2.45) is 0 Å². The SMILES string of the molecule is [2H]c1c(Br)nn(-c2ccc(Br)cc2)c1[2H]. The van der Waals surface area contributed by atoms with E-state index in [4.69, 9.17) is 2.74 Å². The highest BCUT2D eigenvalue weighted by Gasteiger charge is 1.97. The van der Waals surface area contributed by atoms with Gasteiger partial charge >= 0.3 is 0 Å². The lowest BCUT2D eigenvalue weighted by molar-refractivity contribution is 0.870. The molecule has 0 saturated carbocycles. The summed E-state index contributed by atoms with van der Waals surface area (Å²) in [6, 6.07) is 7.50. The topological polar surface area (TPSA) is 17.8 Å². The Morgan fingerprint density at radius 2 is 1.92 bits per heavy atom. The van der Waals surface area contributed by atoms with Crippen LogP contribution >= 0.6 is 31.9 Å². The molecule has 2 rings (SSSR count). The summed E-state index contributed by atoms with van der Waals surface area (Å²) in [4.78, 5) is 0. The maximum absolute atomic E-state index is 7.68. The van der Waals surface area contributed by atoms with Crippen LogP contribution in [0.2, 0.25) is 0 Å². The first-order chi connectivity index (χ1) is 7.09. The fourth-order valence-corrected chi connectivity index (χ4v) is 1.45. The van der Waals surface area contributed by atoms with Crippen molar-refractivity contribution in [2.45, 2.75) is 0 Å². The van der Waals surface area contributed by atoms with Gasteiger partial charge in [-0.3, -0.25) is 0 Å². The minimum atomic E-state index is 0.0733. The van der Waals surface area contributed by atoms with Crippen molar-refractivity contribution in [1.29, 1.82) is 0 Å². The van der Waals surface area contributed by atoms with Crippen molar-refractivity contribution in [3.05, 3.63) is 45.6 Å². The molecule has 0 aliphatic rings. The Bertz CT molecular complexity index is 494. The molecule has 0 radical (unpaired) electrons. The molecule has 1 aromatic heterocycles. The van der Waals surface area contributed by atoms with Crippen molar-refractivity contribution in [3.8, 4) is 5.69 Å². The van der Waals surface area contributed by atoms with E-state index in [2.05, 4.69) is 37.0 Å². The van der Waals surface area contributed by atoms with E-state index in [1.807, 2.05) is 24.3 Å². The minimum Gasteiger partial charge on any atom is -0.240 e. The summed E-state index contributed by atoms with van der Waals surface area (Å²) >= 11 is 6.46. The van der Waals surface area contributed by atoms with Crippen molar-refractivity contribution < 1.29 is 2.74 Å². The van der Waals surface area contributed by atoms with Gasteiger partial charge in [0.15, 0.2) is 0 Å². The number of benzene rings is 1. The van der Waals surface area contributed by atoms with Gasteiger partial charge in [-0.05, 0) is 46.2 Å². The van der Waals surface area contributed by atoms with E-state index in [1.54, 1.807) is 0 Å². The van der Waals surface area contributed by atoms with Crippen LogP contribution in [0.5, 0.6) is 0 Å². The van der Waals surface area contributed by atoms with E-state index in [1.165, 1.54) is 4.68 Å². The Balaban J connectivity index is 2.54. The maximum Gasteiger partial charge on any atom is 0.128 e. The molecule has 0 bridgehead atoms. The second-order valence-corrected chi connectivity index (χ2v) is 4.08. The normalized spacial score (nSPS) is 12.5. The van der Waals surface area contributed by atoms with Gasteiger partial charge in [-0.1, -0.05) is 15.9 Å². The molecule has 0 saturated heterocycles. The number of hydrogen-bond donors (Lipinski definition) is 0. The molecule has 1 aromatic carbocycles. The van der Waals surface area contributed by atoms with Crippen LogP contribution in [-0.2, 0) is 0 Å². The first-order valence-electron chi connectivity index (χ1n) is 4.57. The van der Waals surface area contributed by atoms with E-state index in [0.717, 1.165) is 10.2 Å². The average Bonchev–Trinajstić information content (AvgIpc) is 2.47. The highest BCUT2D eigenvalue weighted by Crippen LogP contribution is 2.14. The Hall–Kier alpha value is -0.610. The first-order valence-corrected chi connectivity index (χ1v) is 5.16. The van der Waals surface area contributed by atoms with Crippen LogP contribution in [0.15, 0.2) is 45.6 Å². The van der Waals surface area contributed by atoms with Crippen LogP contribution in [0.4, 0.5) is 0 Å². The molecule has 0 atom stereocenters. The van der Waals surface area contributed by atoms with E-state index in [0.29, 0.717) is 4.60 Å². The molecule has 0 aliphatic heterocycles. The zero-order chi connectivity index (χ0) is 11.0. The van der Waals surface area contributed by atoms with Crippen LogP contribution in [0, 0.1) is 0 Å². The lowest BCUT2D eigenvalue weighted by Gasteiger charge is -1.99. The van der Waals surface area contributed by atoms with Gasteiger partial charge in [0.05, 0.1) is 8.43 Å². The summed E-state index contributed by atoms with van der Waals surface area (Å²) in [6.45, 7) is 0. The van der Waals surface area contributed by atoms with Crippen molar-refractivity contribution in [2.75, 3.05) is 0 Å². The second-order valence-electron chi connectivity index (χ2n) is 2.42. The maximum atomic E-state index is 7.68. The zero-order valence-corrected chi connectivity index (χ0v) is 9.63. The van der Waals surface area contributed by atoms with Crippen LogP contribution < -0.4 is 0 Å². The highest BCUT2D eigenvalue weighted by atomic mass is 79.9. The second kappa shape index (κ2) is 3.64. The van der Waals surface area contributed by atoms with E-state index in [-0.39, 0.29) is 12.2 Å². The Labute approximate surface area is 95.6 Å². The fourth-order valence-electron chi connectivity index (χ4n) is 0.941. The lowest BCUT2D eigenvalue weighted by atomic mass is 10.3. The van der Waals surface area contributed by atoms with Gasteiger partial charge in [0, 0.05) is 10.6 Å². The van der Waals surface area contributed by atoms with Gasteiger partial charge in [-0.25, -0.2) is 4.68 Å². The van der Waals surface area contributed by atoms with Gasteiger partial charge in [-0.2, -0.15) is 5.10 Å². The fraction of sp³-hybridized carbons (Fsp3) is 0. The van der Waals surface area contributed by atoms with Crippen molar-refractivity contribution in [3.63, 3.8) is 0 Å². The third-order valence-electron chi connectivity index (χ3n) is 1.52. The minimum absolute atomic E-state index is 0.0733. The molecule has 0 fully saturated rings. The number of aromatic nitrogens is 2. The van der Waals surface area contributed by atoms with Gasteiger partial charge in [0.25, 0.3) is 0 Å². The molecule has 0 unspecified atom stereocenters. The summed E-state index contributed by atoms with van der Waals surface area (Å²) in [5.41, 5.74) is 0.766.